The lowest BCUT2D eigenvalue weighted by Gasteiger charge is -2.22. The number of amides is 1. The van der Waals surface area contributed by atoms with E-state index < -0.39 is 33.8 Å². The van der Waals surface area contributed by atoms with Crippen LogP contribution in [0.2, 0.25) is 0 Å². The normalized spacial score (nSPS) is 18.3. The monoisotopic (exact) mass is 317 g/mol. The molecule has 6 nitrogen and oxygen atoms in total. The van der Waals surface area contributed by atoms with Crippen LogP contribution in [-0.4, -0.2) is 34.9 Å². The number of hydrogen-bond acceptors (Lipinski definition) is 5. The van der Waals surface area contributed by atoms with Gasteiger partial charge < -0.3 is 10.6 Å². The summed E-state index contributed by atoms with van der Waals surface area (Å²) in [7, 11) is 0. The van der Waals surface area contributed by atoms with Crippen LogP contribution in [0.1, 0.15) is 6.42 Å². The van der Waals surface area contributed by atoms with E-state index >= 15 is 0 Å². The number of nitrogens with zero attached hydrogens (tertiary/aromatic N) is 1. The molecule has 1 fully saturated rings. The highest BCUT2D eigenvalue weighted by Gasteiger charge is 2.24. The molecular formula is C12H13F2N3O3S. The second-order valence-corrected chi connectivity index (χ2v) is 5.64. The van der Waals surface area contributed by atoms with Crippen molar-refractivity contribution in [2.24, 2.45) is 0 Å². The molecule has 2 rings (SSSR count). The van der Waals surface area contributed by atoms with E-state index in [0.29, 0.717) is 6.07 Å². The molecule has 1 atom stereocenters. The highest BCUT2D eigenvalue weighted by atomic mass is 32.2. The first-order valence-electron chi connectivity index (χ1n) is 6.22. The lowest BCUT2D eigenvalue weighted by Crippen LogP contribution is -2.40. The molecule has 1 saturated heterocycles. The van der Waals surface area contributed by atoms with Gasteiger partial charge >= 0.3 is 0 Å². The molecule has 21 heavy (non-hydrogen) atoms. The predicted molar refractivity (Wildman–Crippen MR) is 75.4 cm³/mol. The number of nitro groups is 1. The number of nitrogens with one attached hydrogen (secondary N) is 2. The van der Waals surface area contributed by atoms with Crippen molar-refractivity contribution in [3.05, 3.63) is 33.9 Å². The number of halogens is 2. The summed E-state index contributed by atoms with van der Waals surface area (Å²) in [6, 6.07) is 1.39. The summed E-state index contributed by atoms with van der Waals surface area (Å²) in [6.45, 7) is 0.761. The molecule has 0 aromatic heterocycles. The number of hydrogen-bond donors (Lipinski definition) is 2. The van der Waals surface area contributed by atoms with Crippen molar-refractivity contribution in [1.29, 1.82) is 0 Å². The predicted octanol–water partition coefficient (Wildman–Crippen LogP) is 1.91. The molecule has 0 aliphatic carbocycles. The van der Waals surface area contributed by atoms with Gasteiger partial charge in [0.05, 0.1) is 4.92 Å². The smallest absolute Gasteiger partial charge is 0.296 e. The largest absolute Gasteiger partial charge is 0.318 e. The first kappa shape index (κ1) is 15.6. The van der Waals surface area contributed by atoms with Crippen molar-refractivity contribution in [1.82, 2.24) is 5.32 Å². The molecule has 2 N–H and O–H groups in total. The quantitative estimate of drug-likeness (QED) is 0.654. The SMILES string of the molecule is O=C(CC1CSCCN1)Nc1c([N+](=O)[O-])ccc(F)c1F. The van der Waals surface area contributed by atoms with E-state index in [2.05, 4.69) is 10.6 Å². The Morgan fingerprint density at radius 1 is 1.52 bits per heavy atom. The third kappa shape index (κ3) is 3.88. The average molecular weight is 317 g/mol. The van der Waals surface area contributed by atoms with Crippen molar-refractivity contribution in [3.8, 4) is 0 Å². The van der Waals surface area contributed by atoms with Crippen molar-refractivity contribution in [3.63, 3.8) is 0 Å². The minimum Gasteiger partial charge on any atom is -0.318 e. The van der Waals surface area contributed by atoms with E-state index in [1.807, 2.05) is 0 Å². The zero-order valence-corrected chi connectivity index (χ0v) is 11.7. The molecule has 0 saturated carbocycles. The number of rotatable bonds is 4. The van der Waals surface area contributed by atoms with Gasteiger partial charge in [0, 0.05) is 36.6 Å². The standard InChI is InChI=1S/C12H13F2N3O3S/c13-8-1-2-9(17(19)20)12(11(8)14)16-10(18)5-7-6-21-4-3-15-7/h1-2,7,15H,3-6H2,(H,16,18). The van der Waals surface area contributed by atoms with Crippen LogP contribution in [0.25, 0.3) is 0 Å². The summed E-state index contributed by atoms with van der Waals surface area (Å²) in [5, 5.41) is 16.0. The molecule has 0 radical (unpaired) electrons. The van der Waals surface area contributed by atoms with E-state index in [0.717, 1.165) is 24.1 Å². The molecule has 9 heteroatoms. The summed E-state index contributed by atoms with van der Waals surface area (Å²) in [4.78, 5) is 21.8. The first-order chi connectivity index (χ1) is 9.99. The maximum Gasteiger partial charge on any atom is 0.296 e. The fourth-order valence-electron chi connectivity index (χ4n) is 1.98. The van der Waals surface area contributed by atoms with Crippen LogP contribution in [0.3, 0.4) is 0 Å². The van der Waals surface area contributed by atoms with E-state index in [1.54, 1.807) is 11.8 Å². The summed E-state index contributed by atoms with van der Waals surface area (Å²) in [5.41, 5.74) is -1.40. The van der Waals surface area contributed by atoms with E-state index in [-0.39, 0.29) is 12.5 Å². The fourth-order valence-corrected chi connectivity index (χ4v) is 2.93. The topological polar surface area (TPSA) is 84.3 Å². The van der Waals surface area contributed by atoms with Crippen LogP contribution in [-0.2, 0) is 4.79 Å². The number of anilines is 1. The molecule has 1 aliphatic heterocycles. The summed E-state index contributed by atoms with van der Waals surface area (Å²) in [6.07, 6.45) is 0.0418. The highest BCUT2D eigenvalue weighted by molar-refractivity contribution is 7.99. The molecule has 1 unspecified atom stereocenters. The van der Waals surface area contributed by atoms with Crippen LogP contribution in [0.5, 0.6) is 0 Å². The highest BCUT2D eigenvalue weighted by Crippen LogP contribution is 2.29. The fraction of sp³-hybridized carbons (Fsp3) is 0.417. The number of nitro benzene ring substituents is 1. The Bertz CT molecular complexity index is 565. The van der Waals surface area contributed by atoms with Crippen molar-refractivity contribution >= 4 is 29.0 Å². The van der Waals surface area contributed by atoms with Gasteiger partial charge in [-0.25, -0.2) is 8.78 Å². The minimum absolute atomic E-state index is 0.0418. The van der Waals surface area contributed by atoms with Gasteiger partial charge in [0.25, 0.3) is 5.69 Å². The van der Waals surface area contributed by atoms with Gasteiger partial charge in [-0.15, -0.1) is 0 Å². The molecule has 1 aliphatic rings. The van der Waals surface area contributed by atoms with Gasteiger partial charge in [0.15, 0.2) is 17.3 Å². The van der Waals surface area contributed by atoms with Crippen LogP contribution >= 0.6 is 11.8 Å². The van der Waals surface area contributed by atoms with Crippen LogP contribution in [0, 0.1) is 21.7 Å². The van der Waals surface area contributed by atoms with Gasteiger partial charge in [-0.05, 0) is 6.07 Å². The van der Waals surface area contributed by atoms with Crippen LogP contribution < -0.4 is 10.6 Å². The number of thioether (sulfide) groups is 1. The minimum atomic E-state index is -1.43. The number of carbonyl (C=O) groups is 1. The van der Waals surface area contributed by atoms with E-state index in [1.165, 1.54) is 0 Å². The Morgan fingerprint density at radius 3 is 2.90 bits per heavy atom. The molecule has 1 amide bonds. The molecule has 0 bridgehead atoms. The molecule has 1 aromatic carbocycles. The van der Waals surface area contributed by atoms with Crippen molar-refractivity contribution < 1.29 is 18.5 Å². The third-order valence-corrected chi connectivity index (χ3v) is 4.10. The molecule has 1 aromatic rings. The maximum absolute atomic E-state index is 13.6. The maximum atomic E-state index is 13.6. The molecule has 114 valence electrons. The third-order valence-electron chi connectivity index (χ3n) is 2.96. The van der Waals surface area contributed by atoms with E-state index in [4.69, 9.17) is 0 Å². The second-order valence-electron chi connectivity index (χ2n) is 4.49. The molecular weight excluding hydrogens is 304 g/mol. The van der Waals surface area contributed by atoms with Crippen molar-refractivity contribution in [2.75, 3.05) is 23.4 Å². The zero-order valence-electron chi connectivity index (χ0n) is 10.9. The Morgan fingerprint density at radius 2 is 2.29 bits per heavy atom. The van der Waals surface area contributed by atoms with E-state index in [9.17, 15) is 23.7 Å². The Balaban J connectivity index is 2.12. The van der Waals surface area contributed by atoms with Crippen LogP contribution in [0.15, 0.2) is 12.1 Å². The van der Waals surface area contributed by atoms with Gasteiger partial charge in [-0.2, -0.15) is 11.8 Å². The average Bonchev–Trinajstić information content (AvgIpc) is 2.44. The summed E-state index contributed by atoms with van der Waals surface area (Å²) in [5.74, 6) is -1.60. The summed E-state index contributed by atoms with van der Waals surface area (Å²) >= 11 is 1.68. The Labute approximate surface area is 123 Å². The lowest BCUT2D eigenvalue weighted by molar-refractivity contribution is -0.384. The van der Waals surface area contributed by atoms with Gasteiger partial charge in [0.2, 0.25) is 5.91 Å². The molecule has 1 heterocycles. The Hall–Kier alpha value is -1.74. The lowest BCUT2D eigenvalue weighted by atomic mass is 10.2. The van der Waals surface area contributed by atoms with Gasteiger partial charge in [-0.3, -0.25) is 14.9 Å². The second kappa shape index (κ2) is 6.81. The van der Waals surface area contributed by atoms with Gasteiger partial charge in [0.1, 0.15) is 0 Å². The van der Waals surface area contributed by atoms with Gasteiger partial charge in [-0.1, -0.05) is 0 Å². The number of carbonyl (C=O) groups excluding carboxylic acids is 1. The number of benzene rings is 1. The van der Waals surface area contributed by atoms with Crippen molar-refractivity contribution in [2.45, 2.75) is 12.5 Å². The molecule has 0 spiro atoms. The first-order valence-corrected chi connectivity index (χ1v) is 7.38. The Kier molecular flexibility index (Phi) is 5.07. The van der Waals surface area contributed by atoms with Crippen LogP contribution in [0.4, 0.5) is 20.2 Å². The summed E-state index contributed by atoms with van der Waals surface area (Å²) < 4.78 is 26.8. The zero-order chi connectivity index (χ0) is 15.4.